The molecule has 112 valence electrons. The van der Waals surface area contributed by atoms with Crippen LogP contribution in [0.2, 0.25) is 5.02 Å². The molecule has 0 aliphatic heterocycles. The molecular weight excluding hydrogens is 300 g/mol. The third-order valence-electron chi connectivity index (χ3n) is 2.66. The molecule has 0 saturated heterocycles. The first-order chi connectivity index (χ1) is 9.09. The molecule has 0 aliphatic rings. The summed E-state index contributed by atoms with van der Waals surface area (Å²) in [6.45, 7) is 6.01. The highest BCUT2D eigenvalue weighted by Gasteiger charge is 2.16. The van der Waals surface area contributed by atoms with E-state index in [-0.39, 0.29) is 27.4 Å². The minimum absolute atomic E-state index is 0.0144. The number of amides is 1. The molecule has 0 spiro atoms. The fourth-order valence-corrected chi connectivity index (χ4v) is 2.81. The van der Waals surface area contributed by atoms with Gasteiger partial charge in [0.1, 0.15) is 0 Å². The number of halogens is 1. The van der Waals surface area contributed by atoms with E-state index in [1.165, 1.54) is 18.2 Å². The topological polar surface area (TPSA) is 89.3 Å². The van der Waals surface area contributed by atoms with Gasteiger partial charge in [-0.3, -0.25) is 4.79 Å². The Morgan fingerprint density at radius 1 is 1.30 bits per heavy atom. The van der Waals surface area contributed by atoms with Crippen LogP contribution in [0.1, 0.15) is 37.6 Å². The number of hydrogen-bond acceptors (Lipinski definition) is 3. The van der Waals surface area contributed by atoms with Crippen LogP contribution in [0.5, 0.6) is 0 Å². The number of sulfonamides is 1. The predicted octanol–water partition coefficient (Wildman–Crippen LogP) is 2.15. The van der Waals surface area contributed by atoms with Crippen LogP contribution in [-0.4, -0.2) is 20.4 Å². The minimum Gasteiger partial charge on any atom is -0.350 e. The van der Waals surface area contributed by atoms with Crippen LogP contribution in [0.3, 0.4) is 0 Å². The molecule has 3 N–H and O–H groups in total. The number of rotatable bonds is 5. The molecular formula is C13H19ClN2O3S. The maximum Gasteiger partial charge on any atom is 0.251 e. The van der Waals surface area contributed by atoms with Gasteiger partial charge in [0, 0.05) is 16.6 Å². The van der Waals surface area contributed by atoms with Crippen LogP contribution in [0.4, 0.5) is 0 Å². The average Bonchev–Trinajstić information content (AvgIpc) is 2.25. The second kappa shape index (κ2) is 6.56. The predicted molar refractivity (Wildman–Crippen MR) is 79.2 cm³/mol. The highest BCUT2D eigenvalue weighted by atomic mass is 35.5. The van der Waals surface area contributed by atoms with Crippen molar-refractivity contribution in [3.05, 3.63) is 28.8 Å². The highest BCUT2D eigenvalue weighted by molar-refractivity contribution is 7.89. The molecule has 0 aliphatic carbocycles. The van der Waals surface area contributed by atoms with Crippen LogP contribution >= 0.6 is 11.6 Å². The number of primary sulfonamides is 1. The van der Waals surface area contributed by atoms with Gasteiger partial charge in [0.05, 0.1) is 4.90 Å². The van der Waals surface area contributed by atoms with Crippen LogP contribution in [-0.2, 0) is 10.0 Å². The third-order valence-corrected chi connectivity index (χ3v) is 3.78. The summed E-state index contributed by atoms with van der Waals surface area (Å²) >= 11 is 5.82. The monoisotopic (exact) mass is 318 g/mol. The summed E-state index contributed by atoms with van der Waals surface area (Å²) in [7, 11) is -3.89. The van der Waals surface area contributed by atoms with Crippen LogP contribution in [0.15, 0.2) is 23.1 Å². The lowest BCUT2D eigenvalue weighted by molar-refractivity contribution is 0.0936. The van der Waals surface area contributed by atoms with Crippen molar-refractivity contribution >= 4 is 27.5 Å². The van der Waals surface area contributed by atoms with Crippen LogP contribution < -0.4 is 10.5 Å². The van der Waals surface area contributed by atoms with Crippen molar-refractivity contribution in [1.82, 2.24) is 5.32 Å². The molecule has 0 fully saturated rings. The van der Waals surface area contributed by atoms with Gasteiger partial charge in [0.2, 0.25) is 10.0 Å². The first-order valence-corrected chi connectivity index (χ1v) is 8.16. The summed E-state index contributed by atoms with van der Waals surface area (Å²) in [5.41, 5.74) is 0.178. The van der Waals surface area contributed by atoms with Crippen molar-refractivity contribution in [2.45, 2.75) is 38.1 Å². The Labute approximate surface area is 124 Å². The largest absolute Gasteiger partial charge is 0.350 e. The lowest BCUT2D eigenvalue weighted by atomic mass is 10.0. The number of carbonyl (C=O) groups excluding carboxylic acids is 1. The maximum absolute atomic E-state index is 12.1. The van der Waals surface area contributed by atoms with Gasteiger partial charge in [0.15, 0.2) is 0 Å². The second-order valence-electron chi connectivity index (χ2n) is 5.22. The molecule has 1 aromatic carbocycles. The van der Waals surface area contributed by atoms with Crippen molar-refractivity contribution in [3.8, 4) is 0 Å². The Balaban J connectivity index is 2.97. The summed E-state index contributed by atoms with van der Waals surface area (Å²) < 4.78 is 22.6. The standard InChI is InChI=1S/C13H19ClN2O3S/c1-8(2)4-9(3)16-13(17)10-5-11(14)7-12(6-10)20(15,18)19/h5-9H,4H2,1-3H3,(H,16,17)(H2,15,18,19). The fourth-order valence-electron chi connectivity index (χ4n) is 1.93. The molecule has 1 unspecified atom stereocenters. The zero-order valence-corrected chi connectivity index (χ0v) is 13.3. The zero-order valence-electron chi connectivity index (χ0n) is 11.7. The molecule has 0 aromatic heterocycles. The molecule has 0 saturated carbocycles. The van der Waals surface area contributed by atoms with Gasteiger partial charge in [-0.15, -0.1) is 0 Å². The van der Waals surface area contributed by atoms with E-state index in [1.807, 2.05) is 6.92 Å². The second-order valence-corrected chi connectivity index (χ2v) is 7.22. The van der Waals surface area contributed by atoms with Gasteiger partial charge in [-0.05, 0) is 37.5 Å². The van der Waals surface area contributed by atoms with E-state index in [0.717, 1.165) is 6.42 Å². The smallest absolute Gasteiger partial charge is 0.251 e. The summed E-state index contributed by atoms with van der Waals surface area (Å²) in [4.78, 5) is 11.9. The van der Waals surface area contributed by atoms with E-state index in [1.54, 1.807) is 0 Å². The molecule has 1 rings (SSSR count). The van der Waals surface area contributed by atoms with Crippen molar-refractivity contribution in [2.24, 2.45) is 11.1 Å². The van der Waals surface area contributed by atoms with Crippen LogP contribution in [0, 0.1) is 5.92 Å². The van der Waals surface area contributed by atoms with Crippen molar-refractivity contribution in [2.75, 3.05) is 0 Å². The maximum atomic E-state index is 12.1. The van der Waals surface area contributed by atoms with E-state index in [2.05, 4.69) is 19.2 Å². The fraction of sp³-hybridized carbons (Fsp3) is 0.462. The Bertz CT molecular complexity index is 600. The first kappa shape index (κ1) is 16.9. The van der Waals surface area contributed by atoms with Gasteiger partial charge >= 0.3 is 0 Å². The quantitative estimate of drug-likeness (QED) is 0.871. The normalized spacial score (nSPS) is 13.3. The minimum atomic E-state index is -3.89. The molecule has 20 heavy (non-hydrogen) atoms. The molecule has 7 heteroatoms. The summed E-state index contributed by atoms with van der Waals surface area (Å²) in [6, 6.07) is 3.83. The van der Waals surface area contributed by atoms with Gasteiger partial charge in [-0.25, -0.2) is 13.6 Å². The lowest BCUT2D eigenvalue weighted by Gasteiger charge is -2.16. The Kier molecular flexibility index (Phi) is 5.56. The summed E-state index contributed by atoms with van der Waals surface area (Å²) in [5, 5.41) is 7.99. The molecule has 5 nitrogen and oxygen atoms in total. The van der Waals surface area contributed by atoms with Gasteiger partial charge in [0.25, 0.3) is 5.91 Å². The number of nitrogens with two attached hydrogens (primary N) is 1. The summed E-state index contributed by atoms with van der Waals surface area (Å²) in [5.74, 6) is 0.0789. The van der Waals surface area contributed by atoms with E-state index < -0.39 is 10.0 Å². The molecule has 0 heterocycles. The number of hydrogen-bond donors (Lipinski definition) is 2. The van der Waals surface area contributed by atoms with Gasteiger partial charge in [-0.2, -0.15) is 0 Å². The van der Waals surface area contributed by atoms with Gasteiger partial charge in [-0.1, -0.05) is 25.4 Å². The van der Waals surface area contributed by atoms with E-state index in [4.69, 9.17) is 16.7 Å². The van der Waals surface area contributed by atoms with Crippen molar-refractivity contribution < 1.29 is 13.2 Å². The van der Waals surface area contributed by atoms with E-state index >= 15 is 0 Å². The van der Waals surface area contributed by atoms with E-state index in [9.17, 15) is 13.2 Å². The number of carbonyl (C=O) groups is 1. The van der Waals surface area contributed by atoms with Crippen molar-refractivity contribution in [1.29, 1.82) is 0 Å². The van der Waals surface area contributed by atoms with Gasteiger partial charge < -0.3 is 5.32 Å². The van der Waals surface area contributed by atoms with Crippen LogP contribution in [0.25, 0.3) is 0 Å². The first-order valence-electron chi connectivity index (χ1n) is 6.24. The van der Waals surface area contributed by atoms with Crippen molar-refractivity contribution in [3.63, 3.8) is 0 Å². The number of benzene rings is 1. The highest BCUT2D eigenvalue weighted by Crippen LogP contribution is 2.18. The molecule has 1 aromatic rings. The average molecular weight is 319 g/mol. The number of nitrogens with one attached hydrogen (secondary N) is 1. The SMILES string of the molecule is CC(C)CC(C)NC(=O)c1cc(Cl)cc(S(N)(=O)=O)c1. The molecule has 1 amide bonds. The molecule has 0 bridgehead atoms. The molecule has 1 atom stereocenters. The Morgan fingerprint density at radius 3 is 2.40 bits per heavy atom. The molecule has 0 radical (unpaired) electrons. The Morgan fingerprint density at radius 2 is 1.90 bits per heavy atom. The zero-order chi connectivity index (χ0) is 15.5. The van der Waals surface area contributed by atoms with E-state index in [0.29, 0.717) is 5.92 Å². The Hall–Kier alpha value is -1.11. The summed E-state index contributed by atoms with van der Waals surface area (Å²) in [6.07, 6.45) is 0.828. The third kappa shape index (κ3) is 5.11. The lowest BCUT2D eigenvalue weighted by Crippen LogP contribution is -2.33.